The Hall–Kier alpha value is -3.15. The highest BCUT2D eigenvalue weighted by atomic mass is 16.5. The zero-order valence-electron chi connectivity index (χ0n) is 15.3. The van der Waals surface area contributed by atoms with E-state index < -0.39 is 0 Å². The van der Waals surface area contributed by atoms with Gasteiger partial charge in [0, 0.05) is 37.1 Å². The van der Waals surface area contributed by atoms with E-state index in [4.69, 9.17) is 4.74 Å². The molecule has 0 radical (unpaired) electrons. The maximum absolute atomic E-state index is 12.4. The van der Waals surface area contributed by atoms with Crippen LogP contribution in [0.15, 0.2) is 54.9 Å². The van der Waals surface area contributed by atoms with Gasteiger partial charge in [-0.3, -0.25) is 14.6 Å². The van der Waals surface area contributed by atoms with Crippen LogP contribution in [0, 0.1) is 0 Å². The van der Waals surface area contributed by atoms with Crippen LogP contribution in [-0.2, 0) is 16.2 Å². The number of amides is 2. The van der Waals surface area contributed by atoms with E-state index in [1.54, 1.807) is 23.4 Å². The second kappa shape index (κ2) is 8.98. The van der Waals surface area contributed by atoms with Gasteiger partial charge in [0.25, 0.3) is 0 Å². The monoisotopic (exact) mass is 365 g/mol. The highest BCUT2D eigenvalue weighted by molar-refractivity contribution is 5.96. The van der Waals surface area contributed by atoms with Crippen molar-refractivity contribution in [1.82, 2.24) is 15.2 Å². The lowest BCUT2D eigenvalue weighted by molar-refractivity contribution is -0.140. The first-order chi connectivity index (χ1) is 13.2. The minimum Gasteiger partial charge on any atom is -0.489 e. The first-order valence-electron chi connectivity index (χ1n) is 9.05. The molecule has 1 aliphatic heterocycles. The number of carbonyl (C=O) groups excluding carboxylic acids is 2. The van der Waals surface area contributed by atoms with E-state index in [0.29, 0.717) is 26.1 Å². The first-order valence-corrected chi connectivity index (χ1v) is 9.05. The van der Waals surface area contributed by atoms with E-state index in [-0.39, 0.29) is 17.9 Å². The largest absolute Gasteiger partial charge is 0.489 e. The number of rotatable bonds is 6. The number of hydrogen-bond donors (Lipinski definition) is 1. The molecular formula is C21H23N3O3. The van der Waals surface area contributed by atoms with Gasteiger partial charge in [0.05, 0.1) is 0 Å². The maximum atomic E-state index is 12.4. The van der Waals surface area contributed by atoms with Crippen molar-refractivity contribution in [3.05, 3.63) is 66.0 Å². The lowest BCUT2D eigenvalue weighted by Gasteiger charge is -2.33. The number of piperazine rings is 1. The van der Waals surface area contributed by atoms with Crippen molar-refractivity contribution in [2.45, 2.75) is 26.0 Å². The molecule has 140 valence electrons. The van der Waals surface area contributed by atoms with Gasteiger partial charge < -0.3 is 15.0 Å². The van der Waals surface area contributed by atoms with Crippen LogP contribution in [0.5, 0.6) is 5.75 Å². The van der Waals surface area contributed by atoms with Crippen LogP contribution in [0.3, 0.4) is 0 Å². The Morgan fingerprint density at radius 3 is 2.85 bits per heavy atom. The summed E-state index contributed by atoms with van der Waals surface area (Å²) in [5.74, 6) is 0.523. The fourth-order valence-corrected chi connectivity index (χ4v) is 2.97. The van der Waals surface area contributed by atoms with Crippen molar-refractivity contribution < 1.29 is 14.3 Å². The number of nitrogens with one attached hydrogen (secondary N) is 1. The van der Waals surface area contributed by atoms with Crippen LogP contribution < -0.4 is 10.1 Å². The third-order valence-corrected chi connectivity index (χ3v) is 4.43. The van der Waals surface area contributed by atoms with E-state index >= 15 is 0 Å². The standard InChI is InChI=1S/C21H23N3O3/c1-2-19-21(26)23-12-13-24(19)20(25)10-7-16-5-8-18(9-6-16)27-15-17-4-3-11-22-14-17/h3-11,14,19H,2,12-13,15H2,1H3,(H,23,26)/b10-7+. The summed E-state index contributed by atoms with van der Waals surface area (Å²) in [7, 11) is 0. The number of nitrogens with zero attached hydrogens (tertiary/aromatic N) is 2. The quantitative estimate of drug-likeness (QED) is 0.798. The van der Waals surface area contributed by atoms with E-state index in [1.807, 2.05) is 43.3 Å². The third-order valence-electron chi connectivity index (χ3n) is 4.43. The van der Waals surface area contributed by atoms with Gasteiger partial charge in [0.15, 0.2) is 0 Å². The molecule has 6 nitrogen and oxygen atoms in total. The van der Waals surface area contributed by atoms with Crippen molar-refractivity contribution in [2.75, 3.05) is 13.1 Å². The van der Waals surface area contributed by atoms with Gasteiger partial charge in [-0.1, -0.05) is 25.1 Å². The molecule has 1 atom stereocenters. The normalized spacial score (nSPS) is 17.0. The minimum absolute atomic E-state index is 0.0828. The highest BCUT2D eigenvalue weighted by Gasteiger charge is 2.30. The first kappa shape index (κ1) is 18.6. The van der Waals surface area contributed by atoms with Crippen molar-refractivity contribution in [3.63, 3.8) is 0 Å². The molecule has 1 unspecified atom stereocenters. The molecule has 2 amide bonds. The molecule has 1 aromatic carbocycles. The van der Waals surface area contributed by atoms with Crippen LogP contribution >= 0.6 is 0 Å². The molecule has 1 aromatic heterocycles. The molecule has 0 saturated carbocycles. The Bertz CT molecular complexity index is 803. The number of pyridine rings is 1. The van der Waals surface area contributed by atoms with Crippen LogP contribution in [0.1, 0.15) is 24.5 Å². The lowest BCUT2D eigenvalue weighted by Crippen LogP contribution is -2.56. The summed E-state index contributed by atoms with van der Waals surface area (Å²) < 4.78 is 5.72. The fraction of sp³-hybridized carbons (Fsp3) is 0.286. The molecule has 0 spiro atoms. The zero-order valence-corrected chi connectivity index (χ0v) is 15.3. The van der Waals surface area contributed by atoms with Gasteiger partial charge in [0.2, 0.25) is 11.8 Å². The summed E-state index contributed by atoms with van der Waals surface area (Å²) in [5.41, 5.74) is 1.90. The molecule has 2 heterocycles. The molecule has 0 aliphatic carbocycles. The van der Waals surface area contributed by atoms with Crippen LogP contribution in [-0.4, -0.2) is 40.8 Å². The van der Waals surface area contributed by atoms with Crippen molar-refractivity contribution in [1.29, 1.82) is 0 Å². The third kappa shape index (κ3) is 4.94. The molecule has 27 heavy (non-hydrogen) atoms. The van der Waals surface area contributed by atoms with E-state index in [2.05, 4.69) is 10.3 Å². The summed E-state index contributed by atoms with van der Waals surface area (Å²) in [4.78, 5) is 30.0. The number of benzene rings is 1. The smallest absolute Gasteiger partial charge is 0.247 e. The summed E-state index contributed by atoms with van der Waals surface area (Å²) in [6, 6.07) is 11.0. The second-order valence-electron chi connectivity index (χ2n) is 6.30. The van der Waals surface area contributed by atoms with Crippen LogP contribution in [0.4, 0.5) is 0 Å². The lowest BCUT2D eigenvalue weighted by atomic mass is 10.1. The molecule has 0 bridgehead atoms. The number of aromatic nitrogens is 1. The molecule has 1 saturated heterocycles. The van der Waals surface area contributed by atoms with Crippen molar-refractivity contribution in [2.24, 2.45) is 0 Å². The molecule has 6 heteroatoms. The summed E-state index contributed by atoms with van der Waals surface area (Å²) in [6.07, 6.45) is 7.38. The Kier molecular flexibility index (Phi) is 6.20. The van der Waals surface area contributed by atoms with E-state index in [9.17, 15) is 9.59 Å². The van der Waals surface area contributed by atoms with Gasteiger partial charge in [-0.15, -0.1) is 0 Å². The number of hydrogen-bond acceptors (Lipinski definition) is 4. The summed E-state index contributed by atoms with van der Waals surface area (Å²) in [5, 5.41) is 2.80. The Labute approximate surface area is 158 Å². The minimum atomic E-state index is -0.390. The van der Waals surface area contributed by atoms with Gasteiger partial charge in [-0.05, 0) is 36.3 Å². The Morgan fingerprint density at radius 1 is 1.33 bits per heavy atom. The fourth-order valence-electron chi connectivity index (χ4n) is 2.97. The van der Waals surface area contributed by atoms with Crippen LogP contribution in [0.25, 0.3) is 6.08 Å². The van der Waals surface area contributed by atoms with Crippen LogP contribution in [0.2, 0.25) is 0 Å². The van der Waals surface area contributed by atoms with E-state index in [0.717, 1.165) is 16.9 Å². The molecular weight excluding hydrogens is 342 g/mol. The van der Waals surface area contributed by atoms with Gasteiger partial charge in [-0.2, -0.15) is 0 Å². The summed E-state index contributed by atoms with van der Waals surface area (Å²) in [6.45, 7) is 3.40. The predicted octanol–water partition coefficient (Wildman–Crippen LogP) is 2.41. The van der Waals surface area contributed by atoms with Gasteiger partial charge >= 0.3 is 0 Å². The zero-order chi connectivity index (χ0) is 19.1. The molecule has 2 aromatic rings. The van der Waals surface area contributed by atoms with Crippen molar-refractivity contribution in [3.8, 4) is 5.75 Å². The molecule has 1 fully saturated rings. The molecule has 1 aliphatic rings. The Balaban J connectivity index is 1.57. The average Bonchev–Trinajstić information content (AvgIpc) is 2.72. The molecule has 1 N–H and O–H groups in total. The van der Waals surface area contributed by atoms with Gasteiger partial charge in [0.1, 0.15) is 18.4 Å². The molecule has 3 rings (SSSR count). The van der Waals surface area contributed by atoms with Crippen molar-refractivity contribution >= 4 is 17.9 Å². The SMILES string of the molecule is CCC1C(=O)NCCN1C(=O)/C=C/c1ccc(OCc2cccnc2)cc1. The second-order valence-corrected chi connectivity index (χ2v) is 6.30. The maximum Gasteiger partial charge on any atom is 0.247 e. The number of ether oxygens (including phenoxy) is 1. The number of carbonyl (C=O) groups is 2. The topological polar surface area (TPSA) is 71.5 Å². The highest BCUT2D eigenvalue weighted by Crippen LogP contribution is 2.16. The van der Waals surface area contributed by atoms with Gasteiger partial charge in [-0.25, -0.2) is 0 Å². The van der Waals surface area contributed by atoms with E-state index in [1.165, 1.54) is 6.08 Å². The summed E-state index contributed by atoms with van der Waals surface area (Å²) >= 11 is 0. The Morgan fingerprint density at radius 2 is 2.15 bits per heavy atom. The average molecular weight is 365 g/mol. The predicted molar refractivity (Wildman–Crippen MR) is 103 cm³/mol.